The molecule has 10 aromatic rings. The number of para-hydroxylation sites is 2. The van der Waals surface area contributed by atoms with Crippen LogP contribution in [0, 0.1) is 41.5 Å². The molecule has 0 aliphatic rings. The molecule has 0 N–H and O–H groups in total. The first-order valence-corrected chi connectivity index (χ1v) is 29.3. The van der Waals surface area contributed by atoms with E-state index in [2.05, 4.69) is 10.3 Å². The fraction of sp³-hybridized carbons (Fsp3) is 0.250. The molecular formula is C72H62F8N4O8. The highest BCUT2D eigenvalue weighted by molar-refractivity contribution is 6.21. The van der Waals surface area contributed by atoms with Crippen molar-refractivity contribution >= 4 is 78.5 Å². The monoisotopic (exact) mass is 1260 g/mol. The lowest BCUT2D eigenvalue weighted by atomic mass is 9.92. The van der Waals surface area contributed by atoms with Gasteiger partial charge in [0.15, 0.2) is 24.8 Å². The van der Waals surface area contributed by atoms with Gasteiger partial charge < -0.3 is 28.3 Å². The zero-order valence-corrected chi connectivity index (χ0v) is 51.8. The van der Waals surface area contributed by atoms with Crippen LogP contribution in [-0.2, 0) is 32.4 Å². The maximum absolute atomic E-state index is 16.0. The van der Waals surface area contributed by atoms with Gasteiger partial charge in [-0.15, -0.1) is 0 Å². The molecule has 474 valence electrons. The Labute approximate surface area is 523 Å². The smallest absolute Gasteiger partial charge is 0.381 e. The van der Waals surface area contributed by atoms with E-state index in [-0.39, 0.29) is 45.2 Å². The lowest BCUT2D eigenvalue weighted by Crippen LogP contribution is -2.65. The van der Waals surface area contributed by atoms with Gasteiger partial charge in [-0.2, -0.15) is 35.1 Å². The third kappa shape index (κ3) is 11.9. The van der Waals surface area contributed by atoms with Gasteiger partial charge in [0.1, 0.15) is 22.9 Å². The SMILES string of the molecule is CCn1c2ccc(C(=O)c3c(C)cc(C)cc3C)cc2c2cc(C(=NOC(C)=O)c3ccccc3OCC(F)(F)C(F)(F)C(F)(F)C(F)(F)COc3ccccc3C(=NOC(C)=O)c3ccc4c(c3)c3cc(C(=O)c5c(C)cc(C)cc5C)ccc3n4CC)ccc21. The van der Waals surface area contributed by atoms with E-state index in [0.717, 1.165) is 70.4 Å². The molecule has 10 rings (SSSR count). The van der Waals surface area contributed by atoms with Crippen LogP contribution in [0.25, 0.3) is 43.6 Å². The third-order valence-corrected chi connectivity index (χ3v) is 16.2. The van der Waals surface area contributed by atoms with Crippen molar-refractivity contribution in [1.82, 2.24) is 9.13 Å². The molecule has 8 aromatic carbocycles. The van der Waals surface area contributed by atoms with Gasteiger partial charge in [-0.25, -0.2) is 9.59 Å². The van der Waals surface area contributed by atoms with Gasteiger partial charge in [0.05, 0.1) is 0 Å². The van der Waals surface area contributed by atoms with Gasteiger partial charge >= 0.3 is 35.6 Å². The molecule has 2 aromatic heterocycles. The van der Waals surface area contributed by atoms with Crippen LogP contribution < -0.4 is 9.47 Å². The lowest BCUT2D eigenvalue weighted by Gasteiger charge is -2.36. The molecule has 0 spiro atoms. The van der Waals surface area contributed by atoms with Crippen LogP contribution in [0.3, 0.4) is 0 Å². The zero-order valence-electron chi connectivity index (χ0n) is 51.8. The summed E-state index contributed by atoms with van der Waals surface area (Å²) in [5.41, 5.74) is 8.95. The Bertz CT molecular complexity index is 4370. The predicted molar refractivity (Wildman–Crippen MR) is 337 cm³/mol. The van der Waals surface area contributed by atoms with E-state index in [1.165, 1.54) is 48.5 Å². The second-order valence-corrected chi connectivity index (χ2v) is 22.8. The van der Waals surface area contributed by atoms with Crippen LogP contribution in [0.15, 0.2) is 156 Å². The number of hydrogen-bond acceptors (Lipinski definition) is 10. The second-order valence-electron chi connectivity index (χ2n) is 22.8. The summed E-state index contributed by atoms with van der Waals surface area (Å²) in [7, 11) is 0. The van der Waals surface area contributed by atoms with Crippen molar-refractivity contribution in [2.45, 2.75) is 106 Å². The number of carbonyl (C=O) groups is 4. The topological polar surface area (TPSA) is 140 Å². The first kappa shape index (κ1) is 65.0. The summed E-state index contributed by atoms with van der Waals surface area (Å²) in [5.74, 6) is -29.5. The van der Waals surface area contributed by atoms with E-state index in [9.17, 15) is 19.2 Å². The van der Waals surface area contributed by atoms with E-state index in [0.29, 0.717) is 67.9 Å². The largest absolute Gasteiger partial charge is 0.486 e. The van der Waals surface area contributed by atoms with Gasteiger partial charge in [-0.1, -0.05) is 82.1 Å². The number of fused-ring (bicyclic) bond motifs is 6. The molecule has 12 nitrogen and oxygen atoms in total. The minimum Gasteiger partial charge on any atom is -0.486 e. The Hall–Kier alpha value is -9.98. The summed E-state index contributed by atoms with van der Waals surface area (Å²) in [6.45, 7) is 12.9. The molecule has 92 heavy (non-hydrogen) atoms. The average molecular weight is 1260 g/mol. The minimum absolute atomic E-state index is 0.148. The number of carbonyl (C=O) groups excluding carboxylic acids is 4. The number of benzene rings is 8. The first-order valence-electron chi connectivity index (χ1n) is 29.3. The summed E-state index contributed by atoms with van der Waals surface area (Å²) in [4.78, 5) is 62.8. The van der Waals surface area contributed by atoms with Gasteiger partial charge in [-0.05, 0) is 163 Å². The van der Waals surface area contributed by atoms with Crippen LogP contribution in [0.4, 0.5) is 35.1 Å². The maximum atomic E-state index is 16.0. The molecule has 0 saturated carbocycles. The average Bonchev–Trinajstić information content (AvgIpc) is 1.10. The normalized spacial score (nSPS) is 12.7. The molecule has 0 amide bonds. The van der Waals surface area contributed by atoms with E-state index in [1.54, 1.807) is 60.7 Å². The van der Waals surface area contributed by atoms with Gasteiger partial charge in [0.25, 0.3) is 0 Å². The minimum atomic E-state index is -6.84. The highest BCUT2D eigenvalue weighted by atomic mass is 19.4. The second kappa shape index (κ2) is 25.0. The molecule has 0 radical (unpaired) electrons. The summed E-state index contributed by atoms with van der Waals surface area (Å²) in [6, 6.07) is 37.5. The molecule has 2 heterocycles. The summed E-state index contributed by atoms with van der Waals surface area (Å²) in [6.07, 6.45) is 0. The first-order chi connectivity index (χ1) is 43.5. The van der Waals surface area contributed by atoms with Gasteiger partial charge in [0.2, 0.25) is 0 Å². The van der Waals surface area contributed by atoms with E-state index in [4.69, 9.17) is 19.1 Å². The fourth-order valence-corrected chi connectivity index (χ4v) is 12.1. The highest BCUT2D eigenvalue weighted by Crippen LogP contribution is 2.53. The van der Waals surface area contributed by atoms with Crippen molar-refractivity contribution in [1.29, 1.82) is 0 Å². The highest BCUT2D eigenvalue weighted by Gasteiger charge is 2.81. The standard InChI is InChI=1S/C72H62F8N4O8/c1-11-83-57-25-21-47(33-53(57)55-35-49(23-27-59(55)83)67(87)63-41(5)29-39(3)30-42(63)6)65(81-91-45(9)85)51-17-13-15-19-61(51)89-37-69(73,74)71(77,78)72(79,80)70(75,76)38-90-62-20-16-14-18-52(62)66(82-92-46(10)86)48-22-26-58-54(34-48)56-36-50(24-28-60(56)84(58)12-2)68(88)64-43(7)31-40(4)32-44(64)8/h13-36H,11-12,37-38H2,1-10H3. The third-order valence-electron chi connectivity index (χ3n) is 16.2. The summed E-state index contributed by atoms with van der Waals surface area (Å²) >= 11 is 0. The van der Waals surface area contributed by atoms with E-state index in [1.807, 2.05) is 88.8 Å². The van der Waals surface area contributed by atoms with Gasteiger partial charge in [-0.3, -0.25) is 9.59 Å². The number of ketones is 2. The van der Waals surface area contributed by atoms with Crippen molar-refractivity contribution in [2.24, 2.45) is 10.3 Å². The Morgan fingerprint density at radius 1 is 0.413 bits per heavy atom. The zero-order chi connectivity index (χ0) is 66.5. The molecule has 0 aliphatic heterocycles. The molecule has 0 unspecified atom stereocenters. The van der Waals surface area contributed by atoms with Crippen molar-refractivity contribution in [3.63, 3.8) is 0 Å². The van der Waals surface area contributed by atoms with Crippen LogP contribution in [0.2, 0.25) is 0 Å². The number of nitrogens with zero attached hydrogens (tertiary/aromatic N) is 4. The van der Waals surface area contributed by atoms with E-state index >= 15 is 35.1 Å². The van der Waals surface area contributed by atoms with Crippen LogP contribution in [0.5, 0.6) is 11.5 Å². The van der Waals surface area contributed by atoms with Crippen LogP contribution >= 0.6 is 0 Å². The molecule has 0 aliphatic carbocycles. The van der Waals surface area contributed by atoms with Crippen molar-refractivity contribution < 1.29 is 73.5 Å². The number of alkyl halides is 8. The molecule has 0 fully saturated rings. The molecular weight excluding hydrogens is 1200 g/mol. The van der Waals surface area contributed by atoms with Gasteiger partial charge in [0, 0.05) is 115 Å². The Morgan fingerprint density at radius 2 is 0.707 bits per heavy atom. The fourth-order valence-electron chi connectivity index (χ4n) is 12.1. The van der Waals surface area contributed by atoms with E-state index < -0.39 is 60.3 Å². The van der Waals surface area contributed by atoms with Crippen molar-refractivity contribution in [3.05, 3.63) is 223 Å². The number of oxime groups is 2. The maximum Gasteiger partial charge on any atom is 0.381 e. The molecule has 0 atom stereocenters. The lowest BCUT2D eigenvalue weighted by molar-refractivity contribution is -0.371. The molecule has 0 saturated heterocycles. The Balaban J connectivity index is 0.925. The molecule has 20 heteroatoms. The number of hydrogen-bond donors (Lipinski definition) is 0. The van der Waals surface area contributed by atoms with Crippen molar-refractivity contribution in [3.8, 4) is 11.5 Å². The summed E-state index contributed by atoms with van der Waals surface area (Å²) < 4.78 is 142. The quantitative estimate of drug-likeness (QED) is 0.0228. The van der Waals surface area contributed by atoms with Crippen molar-refractivity contribution in [2.75, 3.05) is 13.2 Å². The molecule has 0 bridgehead atoms. The number of halogens is 8. The predicted octanol–water partition coefficient (Wildman–Crippen LogP) is 16.9. The number of rotatable bonds is 21. The Kier molecular flexibility index (Phi) is 17.7. The van der Waals surface area contributed by atoms with Crippen LogP contribution in [-0.4, -0.2) is 81.0 Å². The summed E-state index contributed by atoms with van der Waals surface area (Å²) in [5, 5.41) is 10.3. The van der Waals surface area contributed by atoms with Crippen LogP contribution in [0.1, 0.15) is 115 Å². The number of aromatic nitrogens is 2. The Morgan fingerprint density at radius 3 is 1.01 bits per heavy atom. The number of ether oxygens (including phenoxy) is 2. The number of aryl methyl sites for hydroxylation is 8.